The van der Waals surface area contributed by atoms with E-state index in [1.165, 1.54) is 0 Å². The lowest BCUT2D eigenvalue weighted by Gasteiger charge is -2.30. The lowest BCUT2D eigenvalue weighted by atomic mass is 9.93. The Labute approximate surface area is 229 Å². The van der Waals surface area contributed by atoms with Crippen LogP contribution in [-0.4, -0.2) is 91.7 Å². The number of urea groups is 1. The fraction of sp³-hybridized carbons (Fsp3) is 0.840. The van der Waals surface area contributed by atoms with Gasteiger partial charge < -0.3 is 41.0 Å². The average molecular weight is 560 g/mol. The Bertz CT molecular complexity index is 837. The molecule has 218 valence electrons. The Hall–Kier alpha value is -2.25. The molecule has 4 atom stereocenters. The molecular weight excluding hydrogens is 514 g/mol. The highest BCUT2D eigenvalue weighted by molar-refractivity contribution is 8.00. The number of esters is 2. The van der Waals surface area contributed by atoms with E-state index in [9.17, 15) is 14.4 Å². The van der Waals surface area contributed by atoms with Crippen LogP contribution in [0, 0.1) is 5.41 Å². The van der Waals surface area contributed by atoms with Crippen LogP contribution in [-0.2, 0) is 28.5 Å². The zero-order valence-electron chi connectivity index (χ0n) is 23.2. The van der Waals surface area contributed by atoms with Crippen LogP contribution in [0.1, 0.15) is 60.3 Å². The minimum Gasteiger partial charge on any atom is -0.463 e. The Kier molecular flexibility index (Phi) is 12.4. The summed E-state index contributed by atoms with van der Waals surface area (Å²) < 4.78 is 22.3. The number of fused-ring (bicyclic) bond motifs is 1. The van der Waals surface area contributed by atoms with E-state index in [4.69, 9.17) is 30.4 Å². The van der Waals surface area contributed by atoms with Crippen LogP contribution in [0.5, 0.6) is 0 Å². The molecule has 0 aliphatic carbocycles. The van der Waals surface area contributed by atoms with Crippen molar-refractivity contribution in [2.45, 2.75) is 89.3 Å². The van der Waals surface area contributed by atoms with Gasteiger partial charge in [0.1, 0.15) is 18.6 Å². The van der Waals surface area contributed by atoms with Gasteiger partial charge in [0.25, 0.3) is 0 Å². The number of aliphatic imine (C=N–C) groups is 1. The summed E-state index contributed by atoms with van der Waals surface area (Å²) in [5, 5.41) is 6.40. The summed E-state index contributed by atoms with van der Waals surface area (Å²) in [7, 11) is 0. The summed E-state index contributed by atoms with van der Waals surface area (Å²) in [6.45, 7) is 8.93. The number of amides is 2. The number of rotatable bonds is 17. The summed E-state index contributed by atoms with van der Waals surface area (Å²) in [6, 6.07) is 0.378. The first kappa shape index (κ1) is 32.0. The van der Waals surface area contributed by atoms with Crippen molar-refractivity contribution in [3.8, 4) is 0 Å². The Morgan fingerprint density at radius 3 is 2.47 bits per heavy atom. The molecule has 2 saturated heterocycles. The molecular formula is C25H45N5O7S. The van der Waals surface area contributed by atoms with Crippen molar-refractivity contribution >= 4 is 35.7 Å². The largest absolute Gasteiger partial charge is 0.463 e. The van der Waals surface area contributed by atoms with E-state index in [1.807, 2.05) is 25.6 Å². The summed E-state index contributed by atoms with van der Waals surface area (Å²) in [6.07, 6.45) is 3.68. The van der Waals surface area contributed by atoms with E-state index in [1.54, 1.807) is 20.8 Å². The molecule has 6 N–H and O–H groups in total. The van der Waals surface area contributed by atoms with Crippen LogP contribution in [0.25, 0.3) is 0 Å². The van der Waals surface area contributed by atoms with Gasteiger partial charge in [-0.15, -0.1) is 0 Å². The van der Waals surface area contributed by atoms with E-state index >= 15 is 0 Å². The summed E-state index contributed by atoms with van der Waals surface area (Å²) in [5.41, 5.74) is 8.19. The van der Waals surface area contributed by atoms with Crippen molar-refractivity contribution < 1.29 is 33.3 Å². The van der Waals surface area contributed by atoms with Gasteiger partial charge in [0.2, 0.25) is 0 Å². The quantitative estimate of drug-likeness (QED) is 0.0668. The highest BCUT2D eigenvalue weighted by Gasteiger charge is 2.43. The molecule has 0 bridgehead atoms. The Morgan fingerprint density at radius 1 is 1.05 bits per heavy atom. The molecule has 2 rings (SSSR count). The number of nitrogens with two attached hydrogens (primary N) is 2. The number of nitrogens with zero attached hydrogens (tertiary/aromatic N) is 1. The Balaban J connectivity index is 1.73. The molecule has 2 amide bonds. The maximum Gasteiger partial charge on any atom is 0.337 e. The summed E-state index contributed by atoms with van der Waals surface area (Å²) >= 11 is 1.90. The predicted molar refractivity (Wildman–Crippen MR) is 146 cm³/mol. The van der Waals surface area contributed by atoms with Crippen molar-refractivity contribution in [1.82, 2.24) is 10.6 Å². The average Bonchev–Trinajstić information content (AvgIpc) is 3.39. The number of guanidine groups is 1. The monoisotopic (exact) mass is 559 g/mol. The van der Waals surface area contributed by atoms with Gasteiger partial charge in [0.05, 0.1) is 31.3 Å². The number of unbranched alkanes of at least 4 members (excludes halogenated alkanes) is 2. The fourth-order valence-electron chi connectivity index (χ4n) is 4.05. The maximum absolute atomic E-state index is 12.8. The molecule has 0 aromatic heterocycles. The van der Waals surface area contributed by atoms with E-state index in [-0.39, 0.29) is 56.5 Å². The van der Waals surface area contributed by atoms with Crippen LogP contribution in [0.4, 0.5) is 4.79 Å². The molecule has 2 heterocycles. The molecule has 2 aliphatic heterocycles. The summed E-state index contributed by atoms with van der Waals surface area (Å²) in [4.78, 5) is 40.9. The number of hydrogen-bond donors (Lipinski definition) is 4. The third-order valence-corrected chi connectivity index (χ3v) is 7.90. The lowest BCUT2D eigenvalue weighted by molar-refractivity contribution is -0.179. The van der Waals surface area contributed by atoms with Gasteiger partial charge in [0, 0.05) is 17.6 Å². The minimum absolute atomic E-state index is 0.0112. The van der Waals surface area contributed by atoms with Crippen LogP contribution in [0.3, 0.4) is 0 Å². The highest BCUT2D eigenvalue weighted by atomic mass is 32.2. The maximum atomic E-state index is 12.8. The number of ether oxygens (including phenoxy) is 4. The molecule has 12 nitrogen and oxygen atoms in total. The third kappa shape index (κ3) is 10.1. The van der Waals surface area contributed by atoms with Crippen molar-refractivity contribution in [1.29, 1.82) is 0 Å². The number of nitrogens with one attached hydrogen (secondary N) is 2. The molecule has 0 spiro atoms. The highest BCUT2D eigenvalue weighted by Crippen LogP contribution is 2.33. The SMILES string of the molecule is CC(C)OCC(C)(COC(=O)C(C)(C)OCCCCC[C@@H]1SC[C@@H]2NC(=O)N[C@@H]21)C(=O)OCCN=C(N)N. The molecule has 0 radical (unpaired) electrons. The van der Waals surface area contributed by atoms with Crippen LogP contribution >= 0.6 is 11.8 Å². The zero-order valence-corrected chi connectivity index (χ0v) is 24.1. The molecule has 0 aromatic carbocycles. The van der Waals surface area contributed by atoms with E-state index in [2.05, 4.69) is 15.6 Å². The minimum atomic E-state index is -1.21. The zero-order chi connectivity index (χ0) is 28.3. The van der Waals surface area contributed by atoms with Gasteiger partial charge in [-0.3, -0.25) is 9.79 Å². The van der Waals surface area contributed by atoms with Gasteiger partial charge in [-0.2, -0.15) is 11.8 Å². The van der Waals surface area contributed by atoms with Crippen molar-refractivity contribution in [2.75, 3.05) is 38.7 Å². The second-order valence-electron chi connectivity index (χ2n) is 10.8. The van der Waals surface area contributed by atoms with E-state index in [0.717, 1.165) is 31.4 Å². The fourth-order valence-corrected chi connectivity index (χ4v) is 5.59. The van der Waals surface area contributed by atoms with E-state index in [0.29, 0.717) is 11.9 Å². The summed E-state index contributed by atoms with van der Waals surface area (Å²) in [5.74, 6) is -0.286. The normalized spacial score (nSPS) is 22.3. The molecule has 13 heteroatoms. The van der Waals surface area contributed by atoms with Gasteiger partial charge >= 0.3 is 18.0 Å². The van der Waals surface area contributed by atoms with Crippen LogP contribution in [0.2, 0.25) is 0 Å². The van der Waals surface area contributed by atoms with Gasteiger partial charge in [-0.05, 0) is 47.5 Å². The van der Waals surface area contributed by atoms with Gasteiger partial charge in [-0.1, -0.05) is 12.8 Å². The Morgan fingerprint density at radius 2 is 1.79 bits per heavy atom. The van der Waals surface area contributed by atoms with E-state index < -0.39 is 23.0 Å². The van der Waals surface area contributed by atoms with Crippen LogP contribution in [0.15, 0.2) is 4.99 Å². The predicted octanol–water partition coefficient (Wildman–Crippen LogP) is 1.30. The lowest BCUT2D eigenvalue weighted by Crippen LogP contribution is -2.44. The standard InChI is InChI=1S/C25H45N5O7S/c1-16(2)35-14-25(5,21(32)34-12-10-28-22(26)27)15-36-20(31)24(3,4)37-11-8-6-7-9-18-19-17(13-38-18)29-23(33)30-19/h16-19H,6-15H2,1-5H3,(H4,26,27,28)(H2,29,30,33)/t17-,18-,19-,25?/m0/s1. The number of thioether (sulfide) groups is 1. The molecule has 0 aromatic rings. The van der Waals surface area contributed by atoms with Crippen molar-refractivity contribution in [3.05, 3.63) is 0 Å². The first-order valence-corrected chi connectivity index (χ1v) is 14.2. The van der Waals surface area contributed by atoms with Gasteiger partial charge in [0.15, 0.2) is 11.6 Å². The topological polar surface area (TPSA) is 177 Å². The van der Waals surface area contributed by atoms with Crippen LogP contribution < -0.4 is 22.1 Å². The molecule has 2 fully saturated rings. The first-order chi connectivity index (χ1) is 17.8. The number of carbonyl (C=O) groups is 3. The van der Waals surface area contributed by atoms with Crippen molar-refractivity contribution in [2.24, 2.45) is 21.9 Å². The molecule has 1 unspecified atom stereocenters. The molecule has 0 saturated carbocycles. The molecule has 38 heavy (non-hydrogen) atoms. The smallest absolute Gasteiger partial charge is 0.337 e. The van der Waals surface area contributed by atoms with Gasteiger partial charge in [-0.25, -0.2) is 9.59 Å². The number of hydrogen-bond acceptors (Lipinski definition) is 9. The second kappa shape index (κ2) is 14.8. The number of carbonyl (C=O) groups excluding carboxylic acids is 3. The van der Waals surface area contributed by atoms with Crippen molar-refractivity contribution in [3.63, 3.8) is 0 Å². The third-order valence-electron chi connectivity index (χ3n) is 6.39. The second-order valence-corrected chi connectivity index (χ2v) is 12.0. The first-order valence-electron chi connectivity index (χ1n) is 13.2. The molecule has 2 aliphatic rings.